The van der Waals surface area contributed by atoms with Crippen molar-refractivity contribution in [3.63, 3.8) is 0 Å². The second-order valence-corrected chi connectivity index (χ2v) is 9.28. The summed E-state index contributed by atoms with van der Waals surface area (Å²) in [5.74, 6) is -0.721. The smallest absolute Gasteiger partial charge is 0.163 e. The molecule has 0 bridgehead atoms. The highest BCUT2D eigenvalue weighted by atomic mass is 16.6. The molecule has 0 spiro atoms. The molecule has 0 saturated carbocycles. The van der Waals surface area contributed by atoms with Crippen LogP contribution in [0, 0.1) is 5.92 Å². The molecule has 1 saturated heterocycles. The first-order chi connectivity index (χ1) is 18.1. The average Bonchev–Trinajstić information content (AvgIpc) is 2.91. The van der Waals surface area contributed by atoms with E-state index >= 15 is 0 Å². The predicted octanol–water partition coefficient (Wildman–Crippen LogP) is 0.578. The van der Waals surface area contributed by atoms with Gasteiger partial charge in [0.2, 0.25) is 0 Å². The van der Waals surface area contributed by atoms with Crippen molar-refractivity contribution in [3.8, 4) is 11.5 Å². The van der Waals surface area contributed by atoms with Crippen LogP contribution in [-0.4, -0.2) is 99.2 Å². The van der Waals surface area contributed by atoms with Gasteiger partial charge < -0.3 is 44.8 Å². The van der Waals surface area contributed by atoms with E-state index < -0.39 is 49.0 Å². The van der Waals surface area contributed by atoms with Gasteiger partial charge in [0.15, 0.2) is 23.1 Å². The Kier molecular flexibility index (Phi) is 10.6. The third kappa shape index (κ3) is 7.73. The first kappa shape index (κ1) is 29.5. The number of methoxy groups -OCH3 is 1. The topological polar surface area (TPSA) is 183 Å². The molecule has 11 nitrogen and oxygen atoms in total. The lowest BCUT2D eigenvalue weighted by Gasteiger charge is -2.40. The molecule has 0 radical (unpaired) electrons. The van der Waals surface area contributed by atoms with Crippen molar-refractivity contribution in [3.05, 3.63) is 53.8 Å². The number of hydrogen-bond acceptors (Lipinski definition) is 11. The van der Waals surface area contributed by atoms with Crippen LogP contribution in [0.1, 0.15) is 24.8 Å². The third-order valence-electron chi connectivity index (χ3n) is 6.50. The fourth-order valence-corrected chi connectivity index (χ4v) is 4.25. The minimum Gasteiger partial charge on any atom is -0.510 e. The summed E-state index contributed by atoms with van der Waals surface area (Å²) in [7, 11) is 1.41. The second kappa shape index (κ2) is 13.7. The lowest BCUT2D eigenvalue weighted by atomic mass is 9.90. The van der Waals surface area contributed by atoms with Gasteiger partial charge in [-0.2, -0.15) is 0 Å². The molecular formula is C27H34O11. The van der Waals surface area contributed by atoms with Crippen LogP contribution in [0.5, 0.6) is 11.5 Å². The molecular weight excluding hydrogens is 500 g/mol. The maximum Gasteiger partial charge on any atom is 0.163 e. The van der Waals surface area contributed by atoms with Crippen molar-refractivity contribution < 1.29 is 54.4 Å². The van der Waals surface area contributed by atoms with E-state index in [0.717, 1.165) is 0 Å². The van der Waals surface area contributed by atoms with Crippen LogP contribution in [-0.2, 0) is 19.1 Å². The average molecular weight is 535 g/mol. The Bertz CT molecular complexity index is 1060. The summed E-state index contributed by atoms with van der Waals surface area (Å²) >= 11 is 0. The zero-order chi connectivity index (χ0) is 27.8. The van der Waals surface area contributed by atoms with Crippen molar-refractivity contribution >= 4 is 17.6 Å². The molecule has 7 atom stereocenters. The van der Waals surface area contributed by atoms with Gasteiger partial charge in [-0.1, -0.05) is 18.2 Å². The molecule has 1 aliphatic carbocycles. The largest absolute Gasteiger partial charge is 0.510 e. The van der Waals surface area contributed by atoms with Gasteiger partial charge >= 0.3 is 0 Å². The molecule has 1 aliphatic heterocycles. The highest BCUT2D eigenvalue weighted by Gasteiger charge is 2.43. The number of aliphatic hydroxyl groups is 5. The quantitative estimate of drug-likeness (QED) is 0.172. The normalized spacial score (nSPS) is 29.9. The van der Waals surface area contributed by atoms with E-state index in [1.54, 1.807) is 24.3 Å². The van der Waals surface area contributed by atoms with Crippen molar-refractivity contribution in [2.45, 2.75) is 55.9 Å². The minimum absolute atomic E-state index is 0.0169. The van der Waals surface area contributed by atoms with Gasteiger partial charge in [0, 0.05) is 0 Å². The van der Waals surface area contributed by atoms with Crippen molar-refractivity contribution in [1.29, 1.82) is 0 Å². The number of aliphatic hydroxyl groups excluding tert-OH is 5. The standard InChI is InChI=1S/C27H34O11/c1-36-21-10-15(4-8-19(21)31)2-6-17(29)12-18(30)7-3-16-5-9-20(32)22(11-16)37-14-24-26(34)27(35)25(33)23(13-28)38-24/h2-4,6-10,16,22-28,31-35H,5,11-14H2,1H3/b6-2+,7-3+/t16?,22?,23-,24?,25-,26+,27+/m1/s1. The minimum atomic E-state index is -1.52. The first-order valence-corrected chi connectivity index (χ1v) is 12.2. The Morgan fingerprint density at radius 1 is 1.05 bits per heavy atom. The maximum absolute atomic E-state index is 12.3. The van der Waals surface area contributed by atoms with Crippen LogP contribution in [0.15, 0.2) is 48.3 Å². The number of ketones is 2. The number of phenolic OH excluding ortho intramolecular Hbond substituents is 1. The van der Waals surface area contributed by atoms with Gasteiger partial charge in [-0.15, -0.1) is 0 Å². The van der Waals surface area contributed by atoms with E-state index in [0.29, 0.717) is 18.4 Å². The number of rotatable bonds is 11. The molecule has 208 valence electrons. The molecule has 38 heavy (non-hydrogen) atoms. The Morgan fingerprint density at radius 2 is 1.76 bits per heavy atom. The summed E-state index contributed by atoms with van der Waals surface area (Å²) in [6, 6.07) is 4.60. The molecule has 2 aliphatic rings. The fraction of sp³-hybridized carbons (Fsp3) is 0.481. The molecule has 1 aromatic carbocycles. The Morgan fingerprint density at radius 3 is 2.47 bits per heavy atom. The molecule has 11 heteroatoms. The number of hydrogen-bond donors (Lipinski definition) is 6. The fourth-order valence-electron chi connectivity index (χ4n) is 4.25. The molecule has 3 rings (SSSR count). The van der Waals surface area contributed by atoms with Crippen molar-refractivity contribution in [1.82, 2.24) is 0 Å². The predicted molar refractivity (Wildman–Crippen MR) is 134 cm³/mol. The lowest BCUT2D eigenvalue weighted by molar-refractivity contribution is -0.241. The maximum atomic E-state index is 12.3. The van der Waals surface area contributed by atoms with Crippen LogP contribution in [0.3, 0.4) is 0 Å². The van der Waals surface area contributed by atoms with E-state index in [9.17, 15) is 40.2 Å². The summed E-state index contributed by atoms with van der Waals surface area (Å²) in [5, 5.41) is 59.1. The Labute approximate surface area is 219 Å². The zero-order valence-electron chi connectivity index (χ0n) is 20.9. The summed E-state index contributed by atoms with van der Waals surface area (Å²) in [5.41, 5.74) is 0.625. The van der Waals surface area contributed by atoms with E-state index in [4.69, 9.17) is 14.2 Å². The molecule has 3 unspecified atom stereocenters. The number of carbonyl (C=O) groups excluding carboxylic acids is 2. The van der Waals surface area contributed by atoms with E-state index in [1.165, 1.54) is 31.4 Å². The lowest BCUT2D eigenvalue weighted by Crippen LogP contribution is -2.59. The van der Waals surface area contributed by atoms with Gasteiger partial charge in [-0.05, 0) is 54.7 Å². The SMILES string of the molecule is COc1cc(/C=C/C(=O)CC(=O)/C=C/C2CC=C(O)C(OCC3O[C@H](CO)[C@@H](O)[C@H](O)[C@H]3O)C2)ccc1O. The summed E-state index contributed by atoms with van der Waals surface area (Å²) in [6.45, 7) is -0.770. The van der Waals surface area contributed by atoms with Crippen LogP contribution in [0.2, 0.25) is 0 Å². The molecule has 6 N–H and O–H groups in total. The third-order valence-corrected chi connectivity index (χ3v) is 6.50. The number of aromatic hydroxyl groups is 1. The number of carbonyl (C=O) groups is 2. The zero-order valence-corrected chi connectivity index (χ0v) is 20.9. The molecule has 1 fully saturated rings. The van der Waals surface area contributed by atoms with Crippen molar-refractivity contribution in [2.75, 3.05) is 20.3 Å². The monoisotopic (exact) mass is 534 g/mol. The molecule has 0 aromatic heterocycles. The Balaban J connectivity index is 1.49. The van der Waals surface area contributed by atoms with Gasteiger partial charge in [0.1, 0.15) is 42.4 Å². The molecule has 1 aromatic rings. The summed E-state index contributed by atoms with van der Waals surface area (Å²) < 4.78 is 16.1. The van der Waals surface area contributed by atoms with Gasteiger partial charge in [0.25, 0.3) is 0 Å². The second-order valence-electron chi connectivity index (χ2n) is 9.28. The molecule has 1 heterocycles. The number of phenols is 1. The van der Waals surface area contributed by atoms with E-state index in [-0.39, 0.29) is 42.0 Å². The van der Waals surface area contributed by atoms with E-state index in [1.807, 2.05) is 0 Å². The van der Waals surface area contributed by atoms with Crippen LogP contribution in [0.4, 0.5) is 0 Å². The summed E-state index contributed by atoms with van der Waals surface area (Å²) in [4.78, 5) is 24.5. The highest BCUT2D eigenvalue weighted by Crippen LogP contribution is 2.29. The van der Waals surface area contributed by atoms with Crippen LogP contribution in [0.25, 0.3) is 6.08 Å². The van der Waals surface area contributed by atoms with Gasteiger partial charge in [0.05, 0.1) is 26.7 Å². The number of benzene rings is 1. The van der Waals surface area contributed by atoms with E-state index in [2.05, 4.69) is 0 Å². The Hall–Kier alpha value is -3.06. The van der Waals surface area contributed by atoms with Gasteiger partial charge in [-0.3, -0.25) is 9.59 Å². The number of allylic oxidation sites excluding steroid dienone is 4. The first-order valence-electron chi connectivity index (χ1n) is 12.2. The number of ether oxygens (including phenoxy) is 3. The highest BCUT2D eigenvalue weighted by molar-refractivity contribution is 6.09. The van der Waals surface area contributed by atoms with Crippen molar-refractivity contribution in [2.24, 2.45) is 5.92 Å². The van der Waals surface area contributed by atoms with Gasteiger partial charge in [-0.25, -0.2) is 0 Å². The van der Waals surface area contributed by atoms with Crippen LogP contribution >= 0.6 is 0 Å². The van der Waals surface area contributed by atoms with Crippen LogP contribution < -0.4 is 4.74 Å². The molecule has 0 amide bonds. The summed E-state index contributed by atoms with van der Waals surface area (Å²) in [6.07, 6.45) is 0.495.